The van der Waals surface area contributed by atoms with Crippen molar-refractivity contribution in [3.63, 3.8) is 0 Å². The number of ether oxygens (including phenoxy) is 1. The lowest BCUT2D eigenvalue weighted by Crippen LogP contribution is -1.94. The Morgan fingerprint density at radius 3 is 1.53 bits per heavy atom. The molecular formula is C14H28O. The third kappa shape index (κ3) is 6.19. The Labute approximate surface area is 95.6 Å². The molecule has 0 N–H and O–H groups in total. The maximum atomic E-state index is 5.68. The number of hydrogen-bond donors (Lipinski definition) is 0. The van der Waals surface area contributed by atoms with Crippen molar-refractivity contribution in [2.75, 3.05) is 0 Å². The topological polar surface area (TPSA) is 12.5 Å². The van der Waals surface area contributed by atoms with Crippen LogP contribution >= 0.6 is 0 Å². The first-order valence-electron chi connectivity index (χ1n) is 7.04. The van der Waals surface area contributed by atoms with E-state index in [2.05, 4.69) is 13.8 Å². The van der Waals surface area contributed by atoms with Gasteiger partial charge in [0.25, 0.3) is 0 Å². The monoisotopic (exact) mass is 212 g/mol. The molecule has 1 rings (SSSR count). The van der Waals surface area contributed by atoms with E-state index in [0.717, 1.165) is 0 Å². The number of rotatable bonds is 10. The van der Waals surface area contributed by atoms with Crippen LogP contribution in [0.15, 0.2) is 0 Å². The predicted molar refractivity (Wildman–Crippen MR) is 66.2 cm³/mol. The smallest absolute Gasteiger partial charge is 0.0841 e. The first-order valence-corrected chi connectivity index (χ1v) is 7.04. The van der Waals surface area contributed by atoms with Crippen LogP contribution in [0, 0.1) is 0 Å². The molecule has 1 aliphatic rings. The van der Waals surface area contributed by atoms with Gasteiger partial charge in [-0.2, -0.15) is 0 Å². The maximum Gasteiger partial charge on any atom is 0.0841 e. The van der Waals surface area contributed by atoms with Crippen molar-refractivity contribution in [1.29, 1.82) is 0 Å². The molecule has 0 radical (unpaired) electrons. The number of epoxide rings is 1. The van der Waals surface area contributed by atoms with Crippen molar-refractivity contribution >= 4 is 0 Å². The van der Waals surface area contributed by atoms with E-state index in [1.54, 1.807) is 0 Å². The van der Waals surface area contributed by atoms with Gasteiger partial charge in [-0.3, -0.25) is 0 Å². The molecular weight excluding hydrogens is 184 g/mol. The Morgan fingerprint density at radius 2 is 1.13 bits per heavy atom. The highest BCUT2D eigenvalue weighted by Gasteiger charge is 2.36. The van der Waals surface area contributed by atoms with Gasteiger partial charge in [-0.05, 0) is 12.8 Å². The van der Waals surface area contributed by atoms with Crippen LogP contribution in [-0.4, -0.2) is 12.2 Å². The SMILES string of the molecule is CCCCCC[C@@H]1O[C@H]1CCCCCC. The van der Waals surface area contributed by atoms with E-state index in [1.807, 2.05) is 0 Å². The highest BCUT2D eigenvalue weighted by Crippen LogP contribution is 2.31. The van der Waals surface area contributed by atoms with Gasteiger partial charge in [0.05, 0.1) is 12.2 Å². The lowest BCUT2D eigenvalue weighted by Gasteiger charge is -1.97. The fourth-order valence-electron chi connectivity index (χ4n) is 2.23. The highest BCUT2D eigenvalue weighted by atomic mass is 16.6. The number of unbranched alkanes of at least 4 members (excludes halogenated alkanes) is 6. The summed E-state index contributed by atoms with van der Waals surface area (Å²) in [6, 6.07) is 0. The quantitative estimate of drug-likeness (QED) is 0.378. The van der Waals surface area contributed by atoms with E-state index in [1.165, 1.54) is 64.2 Å². The van der Waals surface area contributed by atoms with Crippen molar-refractivity contribution in [2.24, 2.45) is 0 Å². The second-order valence-corrected chi connectivity index (χ2v) is 4.91. The van der Waals surface area contributed by atoms with E-state index < -0.39 is 0 Å². The van der Waals surface area contributed by atoms with Gasteiger partial charge in [0.2, 0.25) is 0 Å². The lowest BCUT2D eigenvalue weighted by atomic mass is 10.1. The summed E-state index contributed by atoms with van der Waals surface area (Å²) in [6.45, 7) is 4.54. The van der Waals surface area contributed by atoms with E-state index in [0.29, 0.717) is 12.2 Å². The molecule has 1 heterocycles. The average molecular weight is 212 g/mol. The fraction of sp³-hybridized carbons (Fsp3) is 1.00. The Kier molecular flexibility index (Phi) is 7.08. The molecule has 1 fully saturated rings. The van der Waals surface area contributed by atoms with Crippen LogP contribution in [0.4, 0.5) is 0 Å². The first kappa shape index (κ1) is 13.0. The zero-order valence-corrected chi connectivity index (χ0v) is 10.6. The molecule has 0 unspecified atom stereocenters. The molecule has 1 saturated heterocycles. The molecule has 15 heavy (non-hydrogen) atoms. The van der Waals surface area contributed by atoms with E-state index in [4.69, 9.17) is 4.74 Å². The zero-order valence-electron chi connectivity index (χ0n) is 10.6. The van der Waals surface area contributed by atoms with Gasteiger partial charge in [0.15, 0.2) is 0 Å². The van der Waals surface area contributed by atoms with E-state index in [9.17, 15) is 0 Å². The summed E-state index contributed by atoms with van der Waals surface area (Å²) in [4.78, 5) is 0. The van der Waals surface area contributed by atoms with Gasteiger partial charge >= 0.3 is 0 Å². The summed E-state index contributed by atoms with van der Waals surface area (Å²) < 4.78 is 5.68. The number of hydrogen-bond acceptors (Lipinski definition) is 1. The molecule has 1 heteroatoms. The lowest BCUT2D eigenvalue weighted by molar-refractivity contribution is 0.348. The van der Waals surface area contributed by atoms with Crippen LogP contribution in [-0.2, 0) is 4.74 Å². The molecule has 0 spiro atoms. The zero-order chi connectivity index (χ0) is 10.9. The second kappa shape index (κ2) is 8.15. The summed E-state index contributed by atoms with van der Waals surface area (Å²) in [7, 11) is 0. The van der Waals surface area contributed by atoms with Crippen LogP contribution in [0.2, 0.25) is 0 Å². The summed E-state index contributed by atoms with van der Waals surface area (Å²) in [5.41, 5.74) is 0. The van der Waals surface area contributed by atoms with Crippen molar-refractivity contribution in [3.05, 3.63) is 0 Å². The fourth-order valence-corrected chi connectivity index (χ4v) is 2.23. The molecule has 90 valence electrons. The van der Waals surface area contributed by atoms with Crippen LogP contribution in [0.3, 0.4) is 0 Å². The van der Waals surface area contributed by atoms with Crippen molar-refractivity contribution < 1.29 is 4.74 Å². The van der Waals surface area contributed by atoms with Crippen molar-refractivity contribution in [1.82, 2.24) is 0 Å². The largest absolute Gasteiger partial charge is 0.370 e. The van der Waals surface area contributed by atoms with Crippen molar-refractivity contribution in [3.8, 4) is 0 Å². The maximum absolute atomic E-state index is 5.68. The molecule has 0 amide bonds. The van der Waals surface area contributed by atoms with Crippen LogP contribution < -0.4 is 0 Å². The van der Waals surface area contributed by atoms with Crippen molar-refractivity contribution in [2.45, 2.75) is 90.3 Å². The van der Waals surface area contributed by atoms with Crippen LogP contribution in [0.25, 0.3) is 0 Å². The van der Waals surface area contributed by atoms with Crippen LogP contribution in [0.1, 0.15) is 78.1 Å². The molecule has 0 bridgehead atoms. The molecule has 0 aliphatic carbocycles. The molecule has 0 aromatic heterocycles. The molecule has 2 atom stereocenters. The summed E-state index contributed by atoms with van der Waals surface area (Å²) in [5.74, 6) is 0. The van der Waals surface area contributed by atoms with Gasteiger partial charge in [0, 0.05) is 0 Å². The normalized spacial score (nSPS) is 24.4. The predicted octanol–water partition coefficient (Wildman–Crippen LogP) is 4.69. The minimum atomic E-state index is 0.642. The molecule has 1 aliphatic heterocycles. The summed E-state index contributed by atoms with van der Waals surface area (Å²) in [6.07, 6.45) is 15.0. The van der Waals surface area contributed by atoms with Gasteiger partial charge in [-0.1, -0.05) is 65.2 Å². The Bertz CT molecular complexity index is 128. The van der Waals surface area contributed by atoms with Gasteiger partial charge in [-0.15, -0.1) is 0 Å². The Hall–Kier alpha value is -0.0400. The minimum Gasteiger partial charge on any atom is -0.370 e. The molecule has 1 nitrogen and oxygen atoms in total. The summed E-state index contributed by atoms with van der Waals surface area (Å²) in [5, 5.41) is 0. The van der Waals surface area contributed by atoms with E-state index in [-0.39, 0.29) is 0 Å². The summed E-state index contributed by atoms with van der Waals surface area (Å²) >= 11 is 0. The first-order chi connectivity index (χ1) is 7.38. The Balaban J connectivity index is 1.81. The Morgan fingerprint density at radius 1 is 0.667 bits per heavy atom. The molecule has 0 aromatic carbocycles. The minimum absolute atomic E-state index is 0.642. The molecule has 0 aromatic rings. The highest BCUT2D eigenvalue weighted by molar-refractivity contribution is 4.84. The molecule has 0 saturated carbocycles. The third-order valence-corrected chi connectivity index (χ3v) is 3.37. The van der Waals surface area contributed by atoms with Gasteiger partial charge in [-0.25, -0.2) is 0 Å². The third-order valence-electron chi connectivity index (χ3n) is 3.37. The van der Waals surface area contributed by atoms with Gasteiger partial charge in [0.1, 0.15) is 0 Å². The standard InChI is InChI=1S/C14H28O/c1-3-5-7-9-11-13-14(15-13)12-10-8-6-4-2/h13-14H,3-12H2,1-2H3/t13-,14-/m0/s1. The van der Waals surface area contributed by atoms with Crippen LogP contribution in [0.5, 0.6) is 0 Å². The van der Waals surface area contributed by atoms with Gasteiger partial charge < -0.3 is 4.74 Å². The second-order valence-electron chi connectivity index (χ2n) is 4.91. The van der Waals surface area contributed by atoms with E-state index >= 15 is 0 Å². The average Bonchev–Trinajstić information content (AvgIpc) is 2.99.